The van der Waals surface area contributed by atoms with Gasteiger partial charge in [0.2, 0.25) is 0 Å². The minimum Gasteiger partial charge on any atom is -0.386 e. The lowest BCUT2D eigenvalue weighted by Crippen LogP contribution is -2.28. The van der Waals surface area contributed by atoms with Crippen molar-refractivity contribution >= 4 is 29.0 Å². The minimum absolute atomic E-state index is 0.177. The Balaban J connectivity index is 1.89. The van der Waals surface area contributed by atoms with Gasteiger partial charge in [0, 0.05) is 23.2 Å². The molecule has 0 spiro atoms. The molecule has 27 heavy (non-hydrogen) atoms. The maximum atomic E-state index is 15.4. The monoisotopic (exact) mass is 360 g/mol. The van der Waals surface area contributed by atoms with E-state index in [0.717, 1.165) is 16.5 Å². The Hall–Kier alpha value is -3.74. The Kier molecular flexibility index (Phi) is 4.25. The molecule has 0 saturated heterocycles. The van der Waals surface area contributed by atoms with Crippen molar-refractivity contribution in [1.29, 1.82) is 0 Å². The number of hydrogen-bond donors (Lipinski definition) is 3. The van der Waals surface area contributed by atoms with E-state index in [9.17, 15) is 0 Å². The average Bonchev–Trinajstić information content (AvgIpc) is 2.72. The van der Waals surface area contributed by atoms with Crippen molar-refractivity contribution in [3.8, 4) is 0 Å². The number of anilines is 2. The van der Waals surface area contributed by atoms with E-state index < -0.39 is 5.82 Å². The van der Waals surface area contributed by atoms with E-state index in [-0.39, 0.29) is 5.82 Å². The molecular weight excluding hydrogens is 343 g/mol. The molecule has 0 saturated carbocycles. The predicted molar refractivity (Wildman–Crippen MR) is 104 cm³/mol. The van der Waals surface area contributed by atoms with Crippen LogP contribution in [0, 0.1) is 5.82 Å². The quantitative estimate of drug-likeness (QED) is 0.651. The molecule has 0 bridgehead atoms. The lowest BCUT2D eigenvalue weighted by atomic mass is 10.1. The number of halogens is 1. The van der Waals surface area contributed by atoms with Crippen LogP contribution in [-0.4, -0.2) is 22.2 Å². The van der Waals surface area contributed by atoms with Gasteiger partial charge in [-0.25, -0.2) is 9.37 Å². The van der Waals surface area contributed by atoms with Gasteiger partial charge in [-0.05, 0) is 17.7 Å². The number of nitrogens with two attached hydrogens (primary N) is 1. The summed E-state index contributed by atoms with van der Waals surface area (Å²) in [5, 5.41) is 15.0. The second-order valence-corrected chi connectivity index (χ2v) is 5.95. The molecular formula is C20H17FN6. The molecule has 4 rings (SSSR count). The SMILES string of the molecule is CNC(c1nncnc1N)=c1ccc2c(c1F)NC(c1ccccc1)=CC=2. The van der Waals surface area contributed by atoms with Gasteiger partial charge >= 0.3 is 0 Å². The topological polar surface area (TPSA) is 88.8 Å². The molecule has 2 aromatic carbocycles. The van der Waals surface area contributed by atoms with Crippen molar-refractivity contribution in [2.24, 2.45) is 0 Å². The van der Waals surface area contributed by atoms with Crippen LogP contribution in [-0.2, 0) is 0 Å². The van der Waals surface area contributed by atoms with Crippen molar-refractivity contribution < 1.29 is 4.39 Å². The van der Waals surface area contributed by atoms with Crippen molar-refractivity contribution in [3.63, 3.8) is 0 Å². The van der Waals surface area contributed by atoms with Gasteiger partial charge in [0.1, 0.15) is 6.33 Å². The number of nitrogen functional groups attached to an aromatic ring is 1. The molecule has 3 aromatic rings. The van der Waals surface area contributed by atoms with E-state index in [1.807, 2.05) is 48.6 Å². The predicted octanol–water partition coefficient (Wildman–Crippen LogP) is 1.22. The molecule has 0 radical (unpaired) electrons. The second-order valence-electron chi connectivity index (χ2n) is 5.95. The number of rotatable bonds is 3. The fraction of sp³-hybridized carbons (Fsp3) is 0.0500. The van der Waals surface area contributed by atoms with Crippen LogP contribution in [0.1, 0.15) is 11.3 Å². The number of hydrogen-bond acceptors (Lipinski definition) is 6. The Bertz CT molecular complexity index is 1150. The molecule has 0 aliphatic carbocycles. The van der Waals surface area contributed by atoms with Gasteiger partial charge in [0.15, 0.2) is 17.3 Å². The smallest absolute Gasteiger partial charge is 0.156 e. The first kappa shape index (κ1) is 16.7. The van der Waals surface area contributed by atoms with Gasteiger partial charge in [0.05, 0.1) is 11.4 Å². The fourth-order valence-electron chi connectivity index (χ4n) is 3.03. The molecule has 0 fully saturated rings. The van der Waals surface area contributed by atoms with Gasteiger partial charge in [-0.1, -0.05) is 42.5 Å². The number of nitrogens with one attached hydrogen (secondary N) is 2. The minimum atomic E-state index is -0.403. The van der Waals surface area contributed by atoms with Gasteiger partial charge in [0.25, 0.3) is 0 Å². The van der Waals surface area contributed by atoms with E-state index in [1.54, 1.807) is 13.1 Å². The Morgan fingerprint density at radius 1 is 1.11 bits per heavy atom. The summed E-state index contributed by atoms with van der Waals surface area (Å²) in [6, 6.07) is 13.3. The highest BCUT2D eigenvalue weighted by atomic mass is 19.1. The third-order valence-electron chi connectivity index (χ3n) is 4.35. The number of fused-ring (bicyclic) bond motifs is 1. The van der Waals surface area contributed by atoms with Crippen molar-refractivity contribution in [2.75, 3.05) is 18.1 Å². The van der Waals surface area contributed by atoms with Crippen molar-refractivity contribution in [1.82, 2.24) is 20.5 Å². The Morgan fingerprint density at radius 3 is 2.67 bits per heavy atom. The van der Waals surface area contributed by atoms with Crippen LogP contribution in [0.5, 0.6) is 0 Å². The van der Waals surface area contributed by atoms with Crippen LogP contribution in [0.3, 0.4) is 0 Å². The standard InChI is InChI=1S/C20H17FN6/c1-23-18(19-20(22)24-11-25-27-19)14-9-7-13-8-10-15(26-17(13)16(14)21)12-5-3-2-4-6-12/h2-11,23,26H,1H3,(H2,22,24,25). The van der Waals surface area contributed by atoms with E-state index in [0.29, 0.717) is 22.3 Å². The van der Waals surface area contributed by atoms with E-state index in [2.05, 4.69) is 25.8 Å². The summed E-state index contributed by atoms with van der Waals surface area (Å²) in [5.74, 6) is -0.226. The first-order valence-corrected chi connectivity index (χ1v) is 8.37. The van der Waals surface area contributed by atoms with E-state index in [1.165, 1.54) is 6.33 Å². The molecule has 1 aromatic heterocycles. The molecule has 4 N–H and O–H groups in total. The highest BCUT2D eigenvalue weighted by molar-refractivity contribution is 5.84. The maximum absolute atomic E-state index is 15.4. The largest absolute Gasteiger partial charge is 0.386 e. The highest BCUT2D eigenvalue weighted by Crippen LogP contribution is 2.21. The lowest BCUT2D eigenvalue weighted by Gasteiger charge is -2.17. The molecule has 0 unspecified atom stereocenters. The summed E-state index contributed by atoms with van der Waals surface area (Å²) in [4.78, 5) is 3.93. The van der Waals surface area contributed by atoms with E-state index in [4.69, 9.17) is 5.73 Å². The van der Waals surface area contributed by atoms with Crippen molar-refractivity contribution in [3.05, 3.63) is 82.4 Å². The van der Waals surface area contributed by atoms with Gasteiger partial charge in [-0.3, -0.25) is 0 Å². The summed E-state index contributed by atoms with van der Waals surface area (Å²) in [7, 11) is 1.68. The number of allylic oxidation sites excluding steroid dienone is 1. The zero-order valence-electron chi connectivity index (χ0n) is 14.6. The molecule has 2 heterocycles. The zero-order valence-corrected chi connectivity index (χ0v) is 14.6. The first-order valence-electron chi connectivity index (χ1n) is 8.37. The Morgan fingerprint density at radius 2 is 1.93 bits per heavy atom. The van der Waals surface area contributed by atoms with Crippen LogP contribution in [0.25, 0.3) is 17.5 Å². The van der Waals surface area contributed by atoms with Crippen LogP contribution in [0.4, 0.5) is 15.9 Å². The lowest BCUT2D eigenvalue weighted by molar-refractivity contribution is 0.620. The molecule has 1 aliphatic rings. The number of benzene rings is 2. The molecule has 0 amide bonds. The first-order chi connectivity index (χ1) is 13.2. The maximum Gasteiger partial charge on any atom is 0.156 e. The summed E-state index contributed by atoms with van der Waals surface area (Å²) < 4.78 is 15.4. The average molecular weight is 360 g/mol. The summed E-state index contributed by atoms with van der Waals surface area (Å²) in [6.07, 6.45) is 5.07. The van der Waals surface area contributed by atoms with Crippen LogP contribution in [0.2, 0.25) is 0 Å². The summed E-state index contributed by atoms with van der Waals surface area (Å²) in [5.41, 5.74) is 8.82. The highest BCUT2D eigenvalue weighted by Gasteiger charge is 2.16. The molecule has 0 atom stereocenters. The Labute approximate surface area is 155 Å². The summed E-state index contributed by atoms with van der Waals surface area (Å²) >= 11 is 0. The molecule has 134 valence electrons. The van der Waals surface area contributed by atoms with E-state index >= 15 is 4.39 Å². The third-order valence-corrected chi connectivity index (χ3v) is 4.35. The van der Waals surface area contributed by atoms with Crippen molar-refractivity contribution in [2.45, 2.75) is 0 Å². The second kappa shape index (κ2) is 6.87. The molecule has 6 nitrogen and oxygen atoms in total. The number of nitrogens with zero attached hydrogens (tertiary/aromatic N) is 3. The normalized spacial score (nSPS) is 13.6. The van der Waals surface area contributed by atoms with Gasteiger partial charge in [-0.15, -0.1) is 10.2 Å². The van der Waals surface area contributed by atoms with Crippen LogP contribution < -0.4 is 26.8 Å². The zero-order chi connectivity index (χ0) is 18.8. The van der Waals surface area contributed by atoms with Gasteiger partial charge < -0.3 is 16.4 Å². The van der Waals surface area contributed by atoms with Crippen LogP contribution in [0.15, 0.2) is 54.9 Å². The van der Waals surface area contributed by atoms with Crippen LogP contribution >= 0.6 is 0 Å². The summed E-state index contributed by atoms with van der Waals surface area (Å²) in [6.45, 7) is 0. The molecule has 7 heteroatoms. The van der Waals surface area contributed by atoms with Gasteiger partial charge in [-0.2, -0.15) is 0 Å². The fourth-order valence-corrected chi connectivity index (χ4v) is 3.03. The third kappa shape index (κ3) is 2.99. The molecule has 1 aliphatic heterocycles. The number of aromatic nitrogens is 3.